The Bertz CT molecular complexity index is 125. The minimum atomic E-state index is -0.847. The topological polar surface area (TPSA) is 58.6 Å². The van der Waals surface area contributed by atoms with Crippen LogP contribution in [0.3, 0.4) is 0 Å². The first kappa shape index (κ1) is 6.51. The SMILES string of the molecule is C[C@H]1OCN[C@@H]1C(=O)O. The lowest BCUT2D eigenvalue weighted by Gasteiger charge is -2.06. The number of aliphatic carboxylic acids is 1. The van der Waals surface area contributed by atoms with Crippen LogP contribution >= 0.6 is 0 Å². The van der Waals surface area contributed by atoms with Crippen LogP contribution in [0.4, 0.5) is 0 Å². The Hall–Kier alpha value is -0.610. The molecule has 4 heteroatoms. The summed E-state index contributed by atoms with van der Waals surface area (Å²) in [5, 5.41) is 11.1. The Kier molecular flexibility index (Phi) is 1.68. The molecule has 1 fully saturated rings. The molecule has 0 saturated carbocycles. The van der Waals surface area contributed by atoms with Crippen molar-refractivity contribution in [3.05, 3.63) is 0 Å². The lowest BCUT2D eigenvalue weighted by molar-refractivity contribution is -0.140. The molecular weight excluding hydrogens is 122 g/mol. The lowest BCUT2D eigenvalue weighted by atomic mass is 10.2. The number of carboxylic acid groups (broad SMARTS) is 1. The Morgan fingerprint density at radius 3 is 2.78 bits per heavy atom. The molecule has 0 unspecified atom stereocenters. The average molecular weight is 131 g/mol. The van der Waals surface area contributed by atoms with E-state index in [1.54, 1.807) is 6.92 Å². The van der Waals surface area contributed by atoms with Crippen LogP contribution in [0, 0.1) is 0 Å². The maximum Gasteiger partial charge on any atom is 0.323 e. The molecule has 2 N–H and O–H groups in total. The van der Waals surface area contributed by atoms with Crippen LogP contribution in [-0.4, -0.2) is 30.0 Å². The van der Waals surface area contributed by atoms with Crippen LogP contribution in [0.25, 0.3) is 0 Å². The molecule has 9 heavy (non-hydrogen) atoms. The molecule has 0 radical (unpaired) electrons. The zero-order valence-corrected chi connectivity index (χ0v) is 5.13. The summed E-state index contributed by atoms with van der Waals surface area (Å²) in [5.74, 6) is -0.847. The van der Waals surface area contributed by atoms with Crippen molar-refractivity contribution >= 4 is 5.97 Å². The number of hydrogen-bond acceptors (Lipinski definition) is 3. The second kappa shape index (κ2) is 2.33. The molecule has 0 aromatic carbocycles. The number of carbonyl (C=O) groups is 1. The monoisotopic (exact) mass is 131 g/mol. The Morgan fingerprint density at radius 1 is 1.89 bits per heavy atom. The van der Waals surface area contributed by atoms with E-state index in [2.05, 4.69) is 5.32 Å². The molecule has 1 rings (SSSR count). The van der Waals surface area contributed by atoms with E-state index < -0.39 is 12.0 Å². The van der Waals surface area contributed by atoms with Gasteiger partial charge in [0.25, 0.3) is 0 Å². The van der Waals surface area contributed by atoms with Crippen LogP contribution in [0.2, 0.25) is 0 Å². The number of hydrogen-bond donors (Lipinski definition) is 2. The van der Waals surface area contributed by atoms with Crippen LogP contribution in [0.5, 0.6) is 0 Å². The number of carboxylic acids is 1. The molecule has 0 bridgehead atoms. The van der Waals surface area contributed by atoms with Gasteiger partial charge in [-0.05, 0) is 6.92 Å². The highest BCUT2D eigenvalue weighted by atomic mass is 16.5. The van der Waals surface area contributed by atoms with Gasteiger partial charge in [0.2, 0.25) is 0 Å². The molecule has 0 aliphatic carbocycles. The van der Waals surface area contributed by atoms with E-state index in [9.17, 15) is 4.79 Å². The fraction of sp³-hybridized carbons (Fsp3) is 0.800. The summed E-state index contributed by atoms with van der Waals surface area (Å²) in [4.78, 5) is 10.3. The van der Waals surface area contributed by atoms with Gasteiger partial charge in [0.1, 0.15) is 6.04 Å². The Morgan fingerprint density at radius 2 is 2.56 bits per heavy atom. The van der Waals surface area contributed by atoms with Gasteiger partial charge in [0.05, 0.1) is 12.8 Å². The Balaban J connectivity index is 2.49. The summed E-state index contributed by atoms with van der Waals surface area (Å²) in [6.07, 6.45) is -0.206. The third-order valence-electron chi connectivity index (χ3n) is 1.38. The smallest absolute Gasteiger partial charge is 0.323 e. The van der Waals surface area contributed by atoms with Crippen molar-refractivity contribution in [2.24, 2.45) is 0 Å². The molecule has 4 nitrogen and oxygen atoms in total. The minimum absolute atomic E-state index is 0.206. The van der Waals surface area contributed by atoms with Crippen LogP contribution in [-0.2, 0) is 9.53 Å². The van der Waals surface area contributed by atoms with Gasteiger partial charge < -0.3 is 9.84 Å². The lowest BCUT2D eigenvalue weighted by Crippen LogP contribution is -2.36. The maximum absolute atomic E-state index is 10.3. The summed E-state index contributed by atoms with van der Waals surface area (Å²) in [6.45, 7) is 2.08. The first-order valence-corrected chi connectivity index (χ1v) is 2.79. The molecule has 1 aliphatic rings. The van der Waals surface area contributed by atoms with Gasteiger partial charge in [-0.3, -0.25) is 10.1 Å². The van der Waals surface area contributed by atoms with E-state index in [1.165, 1.54) is 0 Å². The standard InChI is InChI=1S/C5H9NO3/c1-3-4(5(7)8)6-2-9-3/h3-4,6H,2H2,1H3,(H,7,8)/t3-,4+/m1/s1. The highest BCUT2D eigenvalue weighted by molar-refractivity contribution is 5.74. The summed E-state index contributed by atoms with van der Waals surface area (Å²) in [7, 11) is 0. The highest BCUT2D eigenvalue weighted by Gasteiger charge is 2.29. The third-order valence-corrected chi connectivity index (χ3v) is 1.38. The van der Waals surface area contributed by atoms with Crippen molar-refractivity contribution in [1.29, 1.82) is 0 Å². The molecule has 1 aliphatic heterocycles. The van der Waals surface area contributed by atoms with Gasteiger partial charge in [0, 0.05) is 0 Å². The van der Waals surface area contributed by atoms with Gasteiger partial charge in [-0.2, -0.15) is 0 Å². The predicted molar refractivity (Wildman–Crippen MR) is 30.0 cm³/mol. The second-order valence-corrected chi connectivity index (χ2v) is 2.04. The molecular formula is C5H9NO3. The fourth-order valence-electron chi connectivity index (χ4n) is 0.820. The van der Waals surface area contributed by atoms with E-state index in [-0.39, 0.29) is 6.10 Å². The van der Waals surface area contributed by atoms with E-state index in [0.29, 0.717) is 6.73 Å². The van der Waals surface area contributed by atoms with Gasteiger partial charge in [0.15, 0.2) is 0 Å². The van der Waals surface area contributed by atoms with Crippen LogP contribution < -0.4 is 5.32 Å². The minimum Gasteiger partial charge on any atom is -0.480 e. The molecule has 0 aromatic rings. The summed E-state index contributed by atoms with van der Waals surface area (Å²) in [5.41, 5.74) is 0. The summed E-state index contributed by atoms with van der Waals surface area (Å²) < 4.78 is 4.93. The predicted octanol–water partition coefficient (Wildman–Crippen LogP) is -0.595. The van der Waals surface area contributed by atoms with Gasteiger partial charge >= 0.3 is 5.97 Å². The Labute approximate surface area is 52.8 Å². The first-order valence-electron chi connectivity index (χ1n) is 2.79. The quantitative estimate of drug-likeness (QED) is 0.499. The zero-order chi connectivity index (χ0) is 6.85. The number of ether oxygens (including phenoxy) is 1. The molecule has 0 spiro atoms. The van der Waals surface area contributed by atoms with Crippen molar-refractivity contribution in [2.45, 2.75) is 19.1 Å². The molecule has 1 saturated heterocycles. The average Bonchev–Trinajstić information content (AvgIpc) is 2.13. The van der Waals surface area contributed by atoms with Gasteiger partial charge in [-0.25, -0.2) is 0 Å². The van der Waals surface area contributed by atoms with E-state index in [0.717, 1.165) is 0 Å². The van der Waals surface area contributed by atoms with Crippen molar-refractivity contribution < 1.29 is 14.6 Å². The van der Waals surface area contributed by atoms with Crippen LogP contribution in [0.15, 0.2) is 0 Å². The molecule has 2 atom stereocenters. The molecule has 1 heterocycles. The van der Waals surface area contributed by atoms with E-state index in [1.807, 2.05) is 0 Å². The second-order valence-electron chi connectivity index (χ2n) is 2.04. The van der Waals surface area contributed by atoms with Crippen molar-refractivity contribution in [3.63, 3.8) is 0 Å². The van der Waals surface area contributed by atoms with Gasteiger partial charge in [-0.1, -0.05) is 0 Å². The highest BCUT2D eigenvalue weighted by Crippen LogP contribution is 2.04. The van der Waals surface area contributed by atoms with Gasteiger partial charge in [-0.15, -0.1) is 0 Å². The normalized spacial score (nSPS) is 34.8. The zero-order valence-electron chi connectivity index (χ0n) is 5.13. The summed E-state index contributed by atoms with van der Waals surface area (Å²) >= 11 is 0. The van der Waals surface area contributed by atoms with Crippen molar-refractivity contribution in [2.75, 3.05) is 6.73 Å². The molecule has 52 valence electrons. The maximum atomic E-state index is 10.3. The third kappa shape index (κ3) is 1.20. The number of rotatable bonds is 1. The molecule has 0 amide bonds. The van der Waals surface area contributed by atoms with Crippen LogP contribution in [0.1, 0.15) is 6.92 Å². The van der Waals surface area contributed by atoms with E-state index in [4.69, 9.17) is 9.84 Å². The van der Waals surface area contributed by atoms with Crippen molar-refractivity contribution in [1.82, 2.24) is 5.32 Å². The summed E-state index contributed by atoms with van der Waals surface area (Å²) in [6, 6.07) is -0.523. The molecule has 0 aromatic heterocycles. The van der Waals surface area contributed by atoms with Crippen molar-refractivity contribution in [3.8, 4) is 0 Å². The first-order chi connectivity index (χ1) is 4.22. The fourth-order valence-corrected chi connectivity index (χ4v) is 0.820. The van der Waals surface area contributed by atoms with E-state index >= 15 is 0 Å². The number of nitrogens with one attached hydrogen (secondary N) is 1. The largest absolute Gasteiger partial charge is 0.480 e.